The number of hydrogen-bond donors (Lipinski definition) is 0. The molecule has 7 heteroatoms. The molecule has 0 saturated heterocycles. The summed E-state index contributed by atoms with van der Waals surface area (Å²) >= 11 is 1.66. The number of aromatic nitrogens is 3. The molecule has 0 N–H and O–H groups in total. The number of benzene rings is 5. The van der Waals surface area contributed by atoms with Crippen LogP contribution in [0.1, 0.15) is 0 Å². The van der Waals surface area contributed by atoms with Crippen LogP contribution < -0.4 is 0 Å². The van der Waals surface area contributed by atoms with Gasteiger partial charge < -0.3 is 0 Å². The Morgan fingerprint density at radius 3 is 2.13 bits per heavy atom. The van der Waals surface area contributed by atoms with Crippen LogP contribution in [0, 0.1) is 0 Å². The van der Waals surface area contributed by atoms with Crippen molar-refractivity contribution in [2.45, 2.75) is 9.79 Å². The maximum atomic E-state index is 13.9. The van der Waals surface area contributed by atoms with Crippen molar-refractivity contribution in [1.82, 2.24) is 14.5 Å². The Hall–Kier alpha value is -4.59. The second kappa shape index (κ2) is 8.20. The Bertz CT molecular complexity index is 2150. The molecule has 1 aliphatic rings. The van der Waals surface area contributed by atoms with Crippen molar-refractivity contribution in [2.75, 3.05) is 0 Å². The van der Waals surface area contributed by atoms with Crippen LogP contribution in [-0.4, -0.2) is 23.0 Å². The molecule has 0 amide bonds. The predicted octanol–water partition coefficient (Wildman–Crippen LogP) is 7.78. The number of para-hydroxylation sites is 2. The minimum atomic E-state index is -3.74. The monoisotopic (exact) mass is 541 g/mol. The van der Waals surface area contributed by atoms with Gasteiger partial charge in [-0.3, -0.25) is 4.57 Å². The Kier molecular flexibility index (Phi) is 4.71. The number of nitrogens with zero attached hydrogens (tertiary/aromatic N) is 3. The van der Waals surface area contributed by atoms with Gasteiger partial charge in [0.15, 0.2) is 0 Å². The third-order valence-electron chi connectivity index (χ3n) is 7.21. The Morgan fingerprint density at radius 2 is 1.31 bits per heavy atom. The van der Waals surface area contributed by atoms with E-state index in [-0.39, 0.29) is 9.79 Å². The summed E-state index contributed by atoms with van der Waals surface area (Å²) in [5.74, 6) is 0.724. The van der Waals surface area contributed by atoms with E-state index in [1.54, 1.807) is 29.5 Å². The van der Waals surface area contributed by atoms with Crippen LogP contribution in [0.2, 0.25) is 0 Å². The van der Waals surface area contributed by atoms with E-state index in [9.17, 15) is 8.42 Å². The molecule has 5 nitrogen and oxygen atoms in total. The second-order valence-corrected chi connectivity index (χ2v) is 12.4. The van der Waals surface area contributed by atoms with Crippen molar-refractivity contribution in [3.05, 3.63) is 115 Å². The van der Waals surface area contributed by atoms with E-state index in [1.807, 2.05) is 95.6 Å². The van der Waals surface area contributed by atoms with Crippen LogP contribution in [0.25, 0.3) is 60.0 Å². The summed E-state index contributed by atoms with van der Waals surface area (Å²) in [6.45, 7) is 0. The summed E-state index contributed by atoms with van der Waals surface area (Å²) in [6.07, 6.45) is 0. The number of imidazole rings is 1. The zero-order valence-electron chi connectivity index (χ0n) is 20.4. The van der Waals surface area contributed by atoms with Crippen molar-refractivity contribution in [2.24, 2.45) is 0 Å². The summed E-state index contributed by atoms with van der Waals surface area (Å²) < 4.78 is 30.9. The van der Waals surface area contributed by atoms with Gasteiger partial charge in [0.25, 0.3) is 0 Å². The largest absolute Gasteiger partial charge is 0.290 e. The fourth-order valence-corrected chi connectivity index (χ4v) is 7.97. The molecule has 3 heterocycles. The van der Waals surface area contributed by atoms with Gasteiger partial charge in [0.2, 0.25) is 9.84 Å². The highest BCUT2D eigenvalue weighted by Crippen LogP contribution is 2.43. The lowest BCUT2D eigenvalue weighted by Gasteiger charge is -2.21. The van der Waals surface area contributed by atoms with Crippen LogP contribution >= 0.6 is 11.3 Å². The van der Waals surface area contributed by atoms with E-state index in [1.165, 1.54) is 0 Å². The van der Waals surface area contributed by atoms with Gasteiger partial charge in [0.1, 0.15) is 10.8 Å². The predicted molar refractivity (Wildman–Crippen MR) is 156 cm³/mol. The highest BCUT2D eigenvalue weighted by molar-refractivity contribution is 7.92. The van der Waals surface area contributed by atoms with Crippen molar-refractivity contribution in [3.63, 3.8) is 0 Å². The van der Waals surface area contributed by atoms with Crippen LogP contribution in [0.5, 0.6) is 0 Å². The van der Waals surface area contributed by atoms with E-state index < -0.39 is 9.84 Å². The SMILES string of the molecule is O=S1(=O)c2cc(-c3ccc(-c4nc5ccccc5s4)cc3)ccc2-n2c(-c3ccccc3)nc3cccc1c32. The summed E-state index contributed by atoms with van der Waals surface area (Å²) in [5.41, 5.74) is 6.63. The summed E-state index contributed by atoms with van der Waals surface area (Å²) in [6, 6.07) is 37.1. The Balaban J connectivity index is 1.27. The maximum Gasteiger partial charge on any atom is 0.210 e. The molecule has 0 radical (unpaired) electrons. The van der Waals surface area contributed by atoms with Gasteiger partial charge in [-0.1, -0.05) is 78.9 Å². The van der Waals surface area contributed by atoms with Gasteiger partial charge in [-0.25, -0.2) is 18.4 Å². The fraction of sp³-hybridized carbons (Fsp3) is 0. The summed E-state index contributed by atoms with van der Waals surface area (Å²) in [5, 5.41) is 0.963. The van der Waals surface area contributed by atoms with Crippen LogP contribution in [0.4, 0.5) is 0 Å². The quantitative estimate of drug-likeness (QED) is 0.229. The third-order valence-corrected chi connectivity index (χ3v) is 10.1. The molecule has 0 fully saturated rings. The smallest absolute Gasteiger partial charge is 0.210 e. The highest BCUT2D eigenvalue weighted by atomic mass is 32.2. The molecule has 0 bridgehead atoms. The van der Waals surface area contributed by atoms with E-state index >= 15 is 0 Å². The standard InChI is InChI=1S/C32H19N3O2S2/c36-39(37)28-12-6-10-25-30(28)35(31(33-25)21-7-2-1-3-8-21)26-18-17-23(19-29(26)39)20-13-15-22(16-14-20)32-34-24-9-4-5-11-27(24)38-32/h1-19H. The van der Waals surface area contributed by atoms with Crippen LogP contribution in [0.15, 0.2) is 125 Å². The van der Waals surface area contributed by atoms with E-state index in [0.29, 0.717) is 16.7 Å². The molecule has 0 spiro atoms. The lowest BCUT2D eigenvalue weighted by atomic mass is 10.0. The second-order valence-electron chi connectivity index (χ2n) is 9.51. The molecule has 0 unspecified atom stereocenters. The number of thiazole rings is 1. The lowest BCUT2D eigenvalue weighted by molar-refractivity contribution is 0.594. The molecule has 8 rings (SSSR count). The van der Waals surface area contributed by atoms with E-state index in [2.05, 4.69) is 6.07 Å². The van der Waals surface area contributed by atoms with Gasteiger partial charge in [-0.15, -0.1) is 11.3 Å². The summed E-state index contributed by atoms with van der Waals surface area (Å²) in [4.78, 5) is 10.2. The molecule has 5 aromatic carbocycles. The Labute approximate surface area is 228 Å². The average molecular weight is 542 g/mol. The average Bonchev–Trinajstić information content (AvgIpc) is 3.59. The first-order valence-electron chi connectivity index (χ1n) is 12.5. The van der Waals surface area contributed by atoms with E-state index in [4.69, 9.17) is 9.97 Å². The molecule has 0 atom stereocenters. The molecular weight excluding hydrogens is 523 g/mol. The van der Waals surface area contributed by atoms with Gasteiger partial charge in [-0.05, 0) is 47.5 Å². The molecule has 186 valence electrons. The van der Waals surface area contributed by atoms with Crippen molar-refractivity contribution < 1.29 is 8.42 Å². The van der Waals surface area contributed by atoms with Gasteiger partial charge in [0, 0.05) is 11.1 Å². The number of sulfone groups is 1. The zero-order chi connectivity index (χ0) is 26.1. The molecular formula is C32H19N3O2S2. The third kappa shape index (κ3) is 3.34. The molecule has 7 aromatic rings. The van der Waals surface area contributed by atoms with Crippen LogP contribution in [0.3, 0.4) is 0 Å². The fourth-order valence-electron chi connectivity index (χ4n) is 5.34. The van der Waals surface area contributed by atoms with Crippen molar-refractivity contribution in [3.8, 4) is 38.8 Å². The van der Waals surface area contributed by atoms with Gasteiger partial charge in [-0.2, -0.15) is 0 Å². The first-order chi connectivity index (χ1) is 19.1. The number of fused-ring (bicyclic) bond motifs is 3. The number of hydrogen-bond acceptors (Lipinski definition) is 5. The number of rotatable bonds is 3. The van der Waals surface area contributed by atoms with Gasteiger partial charge in [0.05, 0.1) is 36.7 Å². The Morgan fingerprint density at radius 1 is 0.590 bits per heavy atom. The first kappa shape index (κ1) is 22.4. The minimum Gasteiger partial charge on any atom is -0.290 e. The normalized spacial score (nSPS) is 13.5. The van der Waals surface area contributed by atoms with Gasteiger partial charge >= 0.3 is 0 Å². The zero-order valence-corrected chi connectivity index (χ0v) is 22.1. The molecule has 1 aliphatic heterocycles. The highest BCUT2D eigenvalue weighted by Gasteiger charge is 2.33. The molecule has 39 heavy (non-hydrogen) atoms. The summed E-state index contributed by atoms with van der Waals surface area (Å²) in [7, 11) is -3.74. The molecule has 0 aliphatic carbocycles. The van der Waals surface area contributed by atoms with Crippen molar-refractivity contribution >= 4 is 42.4 Å². The minimum absolute atomic E-state index is 0.283. The first-order valence-corrected chi connectivity index (χ1v) is 14.8. The van der Waals surface area contributed by atoms with Crippen LogP contribution in [-0.2, 0) is 9.84 Å². The topological polar surface area (TPSA) is 64.8 Å². The maximum absolute atomic E-state index is 13.9. The van der Waals surface area contributed by atoms with Crippen molar-refractivity contribution in [1.29, 1.82) is 0 Å². The lowest BCUT2D eigenvalue weighted by Crippen LogP contribution is -2.15. The molecule has 2 aromatic heterocycles. The van der Waals surface area contributed by atoms with E-state index in [0.717, 1.165) is 43.3 Å². The molecule has 0 saturated carbocycles.